The van der Waals surface area contributed by atoms with Crippen molar-refractivity contribution in [3.05, 3.63) is 48.3 Å². The smallest absolute Gasteiger partial charge is 0.137 e. The molecule has 134 valence electrons. The Balaban J connectivity index is 1.46. The number of nitrogens with zero attached hydrogens (tertiary/aromatic N) is 1. The topological polar surface area (TPSA) is 42.4 Å². The monoisotopic (exact) mass is 339 g/mol. The van der Waals surface area contributed by atoms with Crippen molar-refractivity contribution in [1.82, 2.24) is 4.98 Å². The molecule has 0 amide bonds. The fourth-order valence-corrected chi connectivity index (χ4v) is 3.84. The Morgan fingerprint density at radius 3 is 2.68 bits per heavy atom. The third kappa shape index (κ3) is 5.30. The van der Waals surface area contributed by atoms with Gasteiger partial charge in [0.25, 0.3) is 0 Å². The predicted molar refractivity (Wildman–Crippen MR) is 102 cm³/mol. The van der Waals surface area contributed by atoms with Gasteiger partial charge >= 0.3 is 0 Å². The van der Waals surface area contributed by atoms with Crippen molar-refractivity contribution in [3.63, 3.8) is 0 Å². The van der Waals surface area contributed by atoms with E-state index in [1.807, 2.05) is 12.3 Å². The van der Waals surface area contributed by atoms with Crippen LogP contribution in [0.1, 0.15) is 50.5 Å². The molecular weight excluding hydrogens is 310 g/mol. The van der Waals surface area contributed by atoms with E-state index >= 15 is 0 Å². The quantitative estimate of drug-likeness (QED) is 0.720. The van der Waals surface area contributed by atoms with Gasteiger partial charge in [0.05, 0.1) is 19.4 Å². The lowest BCUT2D eigenvalue weighted by molar-refractivity contribution is 0.0974. The summed E-state index contributed by atoms with van der Waals surface area (Å²) in [7, 11) is 1.66. The van der Waals surface area contributed by atoms with Gasteiger partial charge in [0.15, 0.2) is 0 Å². The van der Waals surface area contributed by atoms with E-state index in [4.69, 9.17) is 4.74 Å². The largest absolute Gasteiger partial charge is 0.495 e. The Hall–Kier alpha value is -1.87. The van der Waals surface area contributed by atoms with Gasteiger partial charge in [-0.3, -0.25) is 4.98 Å². The first-order chi connectivity index (χ1) is 12.2. The fraction of sp³-hybridized carbons (Fsp3) is 0.500. The van der Waals surface area contributed by atoms with E-state index in [1.54, 1.807) is 13.3 Å². The van der Waals surface area contributed by atoms with Crippen LogP contribution in [0.4, 0.5) is 0 Å². The Morgan fingerprint density at radius 1 is 1.08 bits per heavy atom. The zero-order chi connectivity index (χ0) is 17.5. The van der Waals surface area contributed by atoms with E-state index in [2.05, 4.69) is 29.2 Å². The van der Waals surface area contributed by atoms with Gasteiger partial charge in [0, 0.05) is 11.8 Å². The summed E-state index contributed by atoms with van der Waals surface area (Å²) in [6.45, 7) is 0. The van der Waals surface area contributed by atoms with Crippen LogP contribution in [0.25, 0.3) is 11.1 Å². The molecule has 0 aliphatic heterocycles. The van der Waals surface area contributed by atoms with E-state index in [9.17, 15) is 5.11 Å². The van der Waals surface area contributed by atoms with E-state index in [-0.39, 0.29) is 6.10 Å². The first kappa shape index (κ1) is 17.9. The second kappa shape index (κ2) is 9.00. The number of aromatic nitrogens is 1. The van der Waals surface area contributed by atoms with Crippen LogP contribution in [0.2, 0.25) is 0 Å². The second-order valence-corrected chi connectivity index (χ2v) is 7.24. The molecule has 1 saturated carbocycles. The molecular formula is C22H29NO2. The summed E-state index contributed by atoms with van der Waals surface area (Å²) in [5, 5.41) is 9.75. The van der Waals surface area contributed by atoms with Crippen molar-refractivity contribution < 1.29 is 9.84 Å². The molecule has 0 unspecified atom stereocenters. The maximum atomic E-state index is 9.75. The minimum Gasteiger partial charge on any atom is -0.495 e. The summed E-state index contributed by atoms with van der Waals surface area (Å²) in [6.07, 6.45) is 13.0. The van der Waals surface area contributed by atoms with Crippen LogP contribution in [0.3, 0.4) is 0 Å². The molecule has 2 aromatic rings. The van der Waals surface area contributed by atoms with Crippen molar-refractivity contribution in [1.29, 1.82) is 0 Å². The van der Waals surface area contributed by atoms with Crippen LogP contribution in [0, 0.1) is 5.92 Å². The number of rotatable bonds is 7. The van der Waals surface area contributed by atoms with E-state index < -0.39 is 0 Å². The second-order valence-electron chi connectivity index (χ2n) is 7.24. The molecule has 1 heterocycles. The molecule has 1 aromatic heterocycles. The minimum absolute atomic E-state index is 0.0441. The highest BCUT2D eigenvalue weighted by Gasteiger charge is 2.19. The number of aliphatic hydroxyl groups is 1. The molecule has 0 bridgehead atoms. The average Bonchev–Trinajstić information content (AvgIpc) is 2.66. The lowest BCUT2D eigenvalue weighted by atomic mass is 9.84. The zero-order valence-electron chi connectivity index (χ0n) is 15.2. The molecule has 1 aromatic carbocycles. The summed E-state index contributed by atoms with van der Waals surface area (Å²) >= 11 is 0. The summed E-state index contributed by atoms with van der Waals surface area (Å²) in [5.74, 6) is 1.53. The third-order valence-electron chi connectivity index (χ3n) is 5.32. The van der Waals surface area contributed by atoms with Gasteiger partial charge in [-0.1, -0.05) is 49.9 Å². The molecule has 1 aliphatic rings. The number of pyridine rings is 1. The van der Waals surface area contributed by atoms with Gasteiger partial charge in [0.1, 0.15) is 5.75 Å². The Labute approximate surface area is 151 Å². The molecule has 0 radical (unpaired) electrons. The standard InChI is InChI=1S/C22H29NO2/c1-25-22-14-20(15-23-16-22)19-11-9-17(10-12-19)5-2-3-6-18-7-4-8-21(24)13-18/h9-12,14-16,18,21,24H,2-8,13H2,1H3/t18-,21+/m0/s1. The summed E-state index contributed by atoms with van der Waals surface area (Å²) < 4.78 is 5.24. The fourth-order valence-electron chi connectivity index (χ4n) is 3.84. The molecule has 3 nitrogen and oxygen atoms in total. The predicted octanol–water partition coefficient (Wildman–Crippen LogP) is 5.02. The van der Waals surface area contributed by atoms with Crippen molar-refractivity contribution in [3.8, 4) is 16.9 Å². The molecule has 3 rings (SSSR count). The van der Waals surface area contributed by atoms with Gasteiger partial charge in [0.2, 0.25) is 0 Å². The van der Waals surface area contributed by atoms with Gasteiger partial charge < -0.3 is 9.84 Å². The third-order valence-corrected chi connectivity index (χ3v) is 5.32. The number of aliphatic hydroxyl groups excluding tert-OH is 1. The lowest BCUT2D eigenvalue weighted by Gasteiger charge is -2.25. The molecule has 0 saturated heterocycles. The Kier molecular flexibility index (Phi) is 6.46. The van der Waals surface area contributed by atoms with Gasteiger partial charge in [-0.05, 0) is 48.8 Å². The normalized spacial score (nSPS) is 20.4. The number of aryl methyl sites for hydroxylation is 1. The molecule has 1 fully saturated rings. The van der Waals surface area contributed by atoms with Crippen LogP contribution < -0.4 is 4.74 Å². The van der Waals surface area contributed by atoms with Crippen LogP contribution in [0.15, 0.2) is 42.7 Å². The van der Waals surface area contributed by atoms with Gasteiger partial charge in [-0.15, -0.1) is 0 Å². The number of unbranched alkanes of at least 4 members (excludes halogenated alkanes) is 1. The number of hydrogen-bond donors (Lipinski definition) is 1. The van der Waals surface area contributed by atoms with E-state index in [1.165, 1.54) is 43.2 Å². The Morgan fingerprint density at radius 2 is 1.92 bits per heavy atom. The van der Waals surface area contributed by atoms with Crippen molar-refractivity contribution in [2.24, 2.45) is 5.92 Å². The maximum Gasteiger partial charge on any atom is 0.137 e. The molecule has 25 heavy (non-hydrogen) atoms. The molecule has 1 N–H and O–H groups in total. The maximum absolute atomic E-state index is 9.75. The number of ether oxygens (including phenoxy) is 1. The molecule has 1 aliphatic carbocycles. The number of methoxy groups -OCH3 is 1. The number of hydrogen-bond acceptors (Lipinski definition) is 3. The van der Waals surface area contributed by atoms with Crippen molar-refractivity contribution in [2.45, 2.75) is 57.5 Å². The SMILES string of the molecule is COc1cncc(-c2ccc(CCCC[C@H]3CCC[C@@H](O)C3)cc2)c1. The van der Waals surface area contributed by atoms with E-state index in [0.717, 1.165) is 36.5 Å². The highest BCUT2D eigenvalue weighted by molar-refractivity contribution is 5.64. The lowest BCUT2D eigenvalue weighted by Crippen LogP contribution is -2.19. The number of benzene rings is 1. The van der Waals surface area contributed by atoms with Crippen LogP contribution in [-0.2, 0) is 6.42 Å². The minimum atomic E-state index is -0.0441. The van der Waals surface area contributed by atoms with Gasteiger partial charge in [-0.2, -0.15) is 0 Å². The molecule has 2 atom stereocenters. The summed E-state index contributed by atoms with van der Waals surface area (Å²) in [5.41, 5.74) is 3.65. The van der Waals surface area contributed by atoms with Crippen LogP contribution in [-0.4, -0.2) is 23.3 Å². The zero-order valence-corrected chi connectivity index (χ0v) is 15.2. The summed E-state index contributed by atoms with van der Waals surface area (Å²) in [6, 6.07) is 10.8. The average molecular weight is 339 g/mol. The first-order valence-corrected chi connectivity index (χ1v) is 9.51. The molecule has 3 heteroatoms. The first-order valence-electron chi connectivity index (χ1n) is 9.51. The van der Waals surface area contributed by atoms with E-state index in [0.29, 0.717) is 0 Å². The van der Waals surface area contributed by atoms with Crippen molar-refractivity contribution in [2.75, 3.05) is 7.11 Å². The highest BCUT2D eigenvalue weighted by Crippen LogP contribution is 2.28. The van der Waals surface area contributed by atoms with Crippen LogP contribution in [0.5, 0.6) is 5.75 Å². The van der Waals surface area contributed by atoms with Gasteiger partial charge in [-0.25, -0.2) is 0 Å². The highest BCUT2D eigenvalue weighted by atomic mass is 16.5. The van der Waals surface area contributed by atoms with Crippen LogP contribution >= 0.6 is 0 Å². The summed E-state index contributed by atoms with van der Waals surface area (Å²) in [4.78, 5) is 4.22. The van der Waals surface area contributed by atoms with Crippen molar-refractivity contribution >= 4 is 0 Å². The molecule has 0 spiro atoms. The Bertz CT molecular complexity index is 653.